The van der Waals surface area contributed by atoms with Crippen molar-refractivity contribution in [1.29, 1.82) is 0 Å². The lowest BCUT2D eigenvalue weighted by atomic mass is 9.96. The van der Waals surface area contributed by atoms with Crippen molar-refractivity contribution in [2.24, 2.45) is 5.41 Å². The van der Waals surface area contributed by atoms with E-state index in [1.165, 1.54) is 0 Å². The molecule has 1 aromatic rings. The predicted octanol–water partition coefficient (Wildman–Crippen LogP) is 1.33. The Morgan fingerprint density at radius 1 is 1.40 bits per heavy atom. The van der Waals surface area contributed by atoms with E-state index >= 15 is 0 Å². The van der Waals surface area contributed by atoms with Gasteiger partial charge in [0.15, 0.2) is 0 Å². The van der Waals surface area contributed by atoms with Gasteiger partial charge in [-0.1, -0.05) is 39.8 Å². The van der Waals surface area contributed by atoms with Gasteiger partial charge in [0.2, 0.25) is 5.91 Å². The topological polar surface area (TPSA) is 71.8 Å². The van der Waals surface area contributed by atoms with E-state index in [0.717, 1.165) is 25.2 Å². The van der Waals surface area contributed by atoms with Gasteiger partial charge in [0, 0.05) is 18.0 Å². The SMILES string of the molecule is CC(C)NCCCn1cc(CNC(=O)C(C)(C)C)nn1. The Labute approximate surface area is 121 Å². The summed E-state index contributed by atoms with van der Waals surface area (Å²) < 4.78 is 1.82. The van der Waals surface area contributed by atoms with Crippen molar-refractivity contribution in [3.63, 3.8) is 0 Å². The van der Waals surface area contributed by atoms with E-state index in [1.54, 1.807) is 0 Å². The summed E-state index contributed by atoms with van der Waals surface area (Å²) in [6.07, 6.45) is 2.90. The second-order valence-corrected chi connectivity index (χ2v) is 6.37. The first kappa shape index (κ1) is 16.6. The predicted molar refractivity (Wildman–Crippen MR) is 79.1 cm³/mol. The second-order valence-electron chi connectivity index (χ2n) is 6.37. The maximum Gasteiger partial charge on any atom is 0.225 e. The third-order valence-electron chi connectivity index (χ3n) is 2.81. The molecule has 2 N–H and O–H groups in total. The molecule has 1 heterocycles. The summed E-state index contributed by atoms with van der Waals surface area (Å²) >= 11 is 0. The van der Waals surface area contributed by atoms with Crippen LogP contribution in [0.2, 0.25) is 0 Å². The van der Waals surface area contributed by atoms with Crippen molar-refractivity contribution in [2.75, 3.05) is 6.54 Å². The van der Waals surface area contributed by atoms with E-state index in [9.17, 15) is 4.79 Å². The zero-order valence-corrected chi connectivity index (χ0v) is 13.2. The van der Waals surface area contributed by atoms with Gasteiger partial charge in [0.1, 0.15) is 5.69 Å². The van der Waals surface area contributed by atoms with E-state index in [1.807, 2.05) is 31.6 Å². The van der Waals surface area contributed by atoms with E-state index < -0.39 is 0 Å². The fraction of sp³-hybridized carbons (Fsp3) is 0.786. The fourth-order valence-corrected chi connectivity index (χ4v) is 1.60. The molecule has 1 aromatic heterocycles. The number of carbonyl (C=O) groups is 1. The van der Waals surface area contributed by atoms with Crippen LogP contribution < -0.4 is 10.6 Å². The van der Waals surface area contributed by atoms with Gasteiger partial charge in [-0.25, -0.2) is 0 Å². The van der Waals surface area contributed by atoms with E-state index in [0.29, 0.717) is 12.6 Å². The molecule has 0 unspecified atom stereocenters. The summed E-state index contributed by atoms with van der Waals surface area (Å²) in [4.78, 5) is 11.7. The van der Waals surface area contributed by atoms with Gasteiger partial charge in [0.05, 0.1) is 12.7 Å². The van der Waals surface area contributed by atoms with Crippen molar-refractivity contribution in [1.82, 2.24) is 25.6 Å². The van der Waals surface area contributed by atoms with Crippen molar-refractivity contribution in [3.8, 4) is 0 Å². The summed E-state index contributed by atoms with van der Waals surface area (Å²) in [5, 5.41) is 14.4. The van der Waals surface area contributed by atoms with Crippen molar-refractivity contribution in [3.05, 3.63) is 11.9 Å². The smallest absolute Gasteiger partial charge is 0.225 e. The highest BCUT2D eigenvalue weighted by Crippen LogP contribution is 2.12. The average Bonchev–Trinajstić information content (AvgIpc) is 2.78. The molecule has 0 aliphatic rings. The first-order valence-electron chi connectivity index (χ1n) is 7.19. The Hall–Kier alpha value is -1.43. The largest absolute Gasteiger partial charge is 0.350 e. The minimum Gasteiger partial charge on any atom is -0.350 e. The molecule has 6 nitrogen and oxygen atoms in total. The molecule has 0 bridgehead atoms. The number of rotatable bonds is 7. The summed E-state index contributed by atoms with van der Waals surface area (Å²) in [7, 11) is 0. The number of aromatic nitrogens is 3. The van der Waals surface area contributed by atoms with Gasteiger partial charge in [-0.2, -0.15) is 0 Å². The summed E-state index contributed by atoms with van der Waals surface area (Å²) in [5.41, 5.74) is 0.415. The Kier molecular flexibility index (Phi) is 6.13. The third-order valence-corrected chi connectivity index (χ3v) is 2.81. The van der Waals surface area contributed by atoms with Gasteiger partial charge < -0.3 is 10.6 Å². The summed E-state index contributed by atoms with van der Waals surface area (Å²) in [6.45, 7) is 12.2. The van der Waals surface area contributed by atoms with Crippen LogP contribution in [0, 0.1) is 5.41 Å². The quantitative estimate of drug-likeness (QED) is 0.740. The first-order chi connectivity index (χ1) is 9.29. The van der Waals surface area contributed by atoms with Crippen LogP contribution >= 0.6 is 0 Å². The Morgan fingerprint density at radius 2 is 2.10 bits per heavy atom. The van der Waals surface area contributed by atoms with Crippen LogP contribution in [0.5, 0.6) is 0 Å². The van der Waals surface area contributed by atoms with Crippen molar-refractivity contribution >= 4 is 5.91 Å². The number of nitrogens with one attached hydrogen (secondary N) is 2. The van der Waals surface area contributed by atoms with Crippen molar-refractivity contribution < 1.29 is 4.79 Å². The molecule has 0 saturated heterocycles. The van der Waals surface area contributed by atoms with Crippen LogP contribution in [0.1, 0.15) is 46.7 Å². The number of carbonyl (C=O) groups excluding carboxylic acids is 1. The lowest BCUT2D eigenvalue weighted by molar-refractivity contribution is -0.128. The molecule has 0 aliphatic carbocycles. The number of nitrogens with zero attached hydrogens (tertiary/aromatic N) is 3. The zero-order chi connectivity index (χ0) is 15.2. The van der Waals surface area contributed by atoms with E-state index in [4.69, 9.17) is 0 Å². The molecule has 1 rings (SSSR count). The Morgan fingerprint density at radius 3 is 2.70 bits per heavy atom. The lowest BCUT2D eigenvalue weighted by Crippen LogP contribution is -2.34. The highest BCUT2D eigenvalue weighted by atomic mass is 16.2. The molecule has 0 aromatic carbocycles. The first-order valence-corrected chi connectivity index (χ1v) is 7.19. The average molecular weight is 281 g/mol. The van der Waals surface area contributed by atoms with E-state index in [-0.39, 0.29) is 11.3 Å². The normalized spacial score (nSPS) is 11.9. The summed E-state index contributed by atoms with van der Waals surface area (Å²) in [5.74, 6) is 0.0215. The van der Waals surface area contributed by atoms with Gasteiger partial charge in [-0.3, -0.25) is 9.48 Å². The molecule has 1 amide bonds. The molecular weight excluding hydrogens is 254 g/mol. The van der Waals surface area contributed by atoms with E-state index in [2.05, 4.69) is 34.8 Å². The van der Waals surface area contributed by atoms with Crippen molar-refractivity contribution in [2.45, 2.75) is 60.2 Å². The maximum atomic E-state index is 11.7. The van der Waals surface area contributed by atoms with Gasteiger partial charge in [-0.05, 0) is 13.0 Å². The summed E-state index contributed by atoms with van der Waals surface area (Å²) in [6, 6.07) is 0.508. The molecule has 0 saturated carbocycles. The number of hydrogen-bond acceptors (Lipinski definition) is 4. The lowest BCUT2D eigenvalue weighted by Gasteiger charge is -2.16. The van der Waals surface area contributed by atoms with Crippen LogP contribution in [0.4, 0.5) is 0 Å². The van der Waals surface area contributed by atoms with Crippen LogP contribution in [-0.2, 0) is 17.9 Å². The molecule has 20 heavy (non-hydrogen) atoms. The molecule has 6 heteroatoms. The molecule has 0 radical (unpaired) electrons. The molecule has 0 spiro atoms. The number of amides is 1. The van der Waals surface area contributed by atoms with Gasteiger partial charge in [-0.15, -0.1) is 5.10 Å². The number of aryl methyl sites for hydroxylation is 1. The Balaban J connectivity index is 2.31. The molecule has 0 atom stereocenters. The van der Waals surface area contributed by atoms with Gasteiger partial charge >= 0.3 is 0 Å². The zero-order valence-electron chi connectivity index (χ0n) is 13.2. The van der Waals surface area contributed by atoms with Crippen LogP contribution in [0.15, 0.2) is 6.20 Å². The standard InChI is InChI=1S/C14H27N5O/c1-11(2)15-7-6-8-19-10-12(17-18-19)9-16-13(20)14(3,4)5/h10-11,15H,6-9H2,1-5H3,(H,16,20). The van der Waals surface area contributed by atoms with Gasteiger partial charge in [0.25, 0.3) is 0 Å². The minimum absolute atomic E-state index is 0.0215. The fourth-order valence-electron chi connectivity index (χ4n) is 1.60. The molecule has 0 fully saturated rings. The van der Waals surface area contributed by atoms with Crippen LogP contribution in [-0.4, -0.2) is 33.5 Å². The second kappa shape index (κ2) is 7.38. The Bertz CT molecular complexity index is 419. The van der Waals surface area contributed by atoms with Crippen LogP contribution in [0.3, 0.4) is 0 Å². The third kappa shape index (κ3) is 6.14. The molecular formula is C14H27N5O. The molecule has 114 valence electrons. The molecule has 0 aliphatic heterocycles. The highest BCUT2D eigenvalue weighted by molar-refractivity contribution is 5.81. The number of hydrogen-bond donors (Lipinski definition) is 2. The highest BCUT2D eigenvalue weighted by Gasteiger charge is 2.20. The monoisotopic (exact) mass is 281 g/mol. The van der Waals surface area contributed by atoms with Crippen LogP contribution in [0.25, 0.3) is 0 Å². The minimum atomic E-state index is -0.376. The maximum absolute atomic E-state index is 11.7.